The fraction of sp³-hybridized carbons (Fsp3) is 0.500. The molecule has 0 saturated carbocycles. The molecule has 70 valence electrons. The number of aromatic nitrogens is 1. The minimum atomic E-state index is -0.172. The number of halogens is 1. The first kappa shape index (κ1) is 8.48. The molecule has 0 aromatic carbocycles. The number of hydrogen-bond acceptors (Lipinski definition) is 2. The maximum absolute atomic E-state index is 13.5. The third-order valence-corrected chi connectivity index (χ3v) is 2.43. The standard InChI is InChI=1S/C10H13FN2/c1-7-5-13(6-7)10-9(11)8(2)3-4-12-10/h3-4,7H,5-6H2,1-2H3. The molecule has 1 aromatic heterocycles. The second-order valence-electron chi connectivity index (χ2n) is 3.78. The first-order valence-corrected chi connectivity index (χ1v) is 4.54. The highest BCUT2D eigenvalue weighted by Crippen LogP contribution is 2.25. The van der Waals surface area contributed by atoms with E-state index < -0.39 is 0 Å². The van der Waals surface area contributed by atoms with Crippen molar-refractivity contribution in [1.82, 2.24) is 4.98 Å². The van der Waals surface area contributed by atoms with Crippen LogP contribution < -0.4 is 4.90 Å². The van der Waals surface area contributed by atoms with Crippen LogP contribution in [0.4, 0.5) is 10.2 Å². The van der Waals surface area contributed by atoms with E-state index in [1.165, 1.54) is 0 Å². The smallest absolute Gasteiger partial charge is 0.168 e. The van der Waals surface area contributed by atoms with Gasteiger partial charge in [0.25, 0.3) is 0 Å². The first-order chi connectivity index (χ1) is 6.18. The molecule has 0 unspecified atom stereocenters. The lowest BCUT2D eigenvalue weighted by atomic mass is 10.0. The Labute approximate surface area is 77.4 Å². The molecule has 1 aliphatic heterocycles. The SMILES string of the molecule is Cc1ccnc(N2CC(C)C2)c1F. The molecular weight excluding hydrogens is 167 g/mol. The van der Waals surface area contributed by atoms with Crippen molar-refractivity contribution in [3.8, 4) is 0 Å². The maximum atomic E-state index is 13.5. The summed E-state index contributed by atoms with van der Waals surface area (Å²) >= 11 is 0. The summed E-state index contributed by atoms with van der Waals surface area (Å²) in [6.45, 7) is 5.77. The van der Waals surface area contributed by atoms with Crippen LogP contribution in [0.25, 0.3) is 0 Å². The van der Waals surface area contributed by atoms with E-state index in [-0.39, 0.29) is 5.82 Å². The zero-order valence-electron chi connectivity index (χ0n) is 7.92. The van der Waals surface area contributed by atoms with Crippen molar-refractivity contribution in [1.29, 1.82) is 0 Å². The molecule has 0 aliphatic carbocycles. The molecule has 2 heterocycles. The molecule has 1 fully saturated rings. The van der Waals surface area contributed by atoms with Gasteiger partial charge < -0.3 is 4.90 Å². The number of aryl methyl sites for hydroxylation is 1. The fourth-order valence-corrected chi connectivity index (χ4v) is 1.62. The number of pyridine rings is 1. The van der Waals surface area contributed by atoms with Crippen LogP contribution in [0.15, 0.2) is 12.3 Å². The summed E-state index contributed by atoms with van der Waals surface area (Å²) in [5.41, 5.74) is 0.671. The van der Waals surface area contributed by atoms with Gasteiger partial charge in [0.1, 0.15) is 0 Å². The number of hydrogen-bond donors (Lipinski definition) is 0. The van der Waals surface area contributed by atoms with E-state index in [9.17, 15) is 4.39 Å². The van der Waals surface area contributed by atoms with Crippen LogP contribution in [-0.4, -0.2) is 18.1 Å². The van der Waals surface area contributed by atoms with Crippen LogP contribution in [-0.2, 0) is 0 Å². The van der Waals surface area contributed by atoms with Crippen molar-refractivity contribution < 1.29 is 4.39 Å². The summed E-state index contributed by atoms with van der Waals surface area (Å²) in [6, 6.07) is 1.70. The van der Waals surface area contributed by atoms with E-state index in [2.05, 4.69) is 11.9 Å². The molecule has 1 aromatic rings. The van der Waals surface area contributed by atoms with E-state index in [0.29, 0.717) is 17.3 Å². The minimum absolute atomic E-state index is 0.172. The number of rotatable bonds is 1. The number of anilines is 1. The third-order valence-electron chi connectivity index (χ3n) is 2.43. The third kappa shape index (κ3) is 1.39. The van der Waals surface area contributed by atoms with E-state index >= 15 is 0 Å². The van der Waals surface area contributed by atoms with Gasteiger partial charge in [0.05, 0.1) is 0 Å². The Balaban J connectivity index is 2.26. The molecule has 0 atom stereocenters. The van der Waals surface area contributed by atoms with Crippen LogP contribution >= 0.6 is 0 Å². The largest absolute Gasteiger partial charge is 0.354 e. The van der Waals surface area contributed by atoms with Crippen LogP contribution in [0.2, 0.25) is 0 Å². The van der Waals surface area contributed by atoms with Gasteiger partial charge in [-0.2, -0.15) is 0 Å². The van der Waals surface area contributed by atoms with Crippen LogP contribution in [0, 0.1) is 18.7 Å². The second kappa shape index (κ2) is 2.98. The van der Waals surface area contributed by atoms with Crippen LogP contribution in [0.3, 0.4) is 0 Å². The monoisotopic (exact) mass is 180 g/mol. The molecular formula is C10H13FN2. The predicted octanol–water partition coefficient (Wildman–Crippen LogP) is 1.99. The molecule has 2 rings (SSSR count). The van der Waals surface area contributed by atoms with Gasteiger partial charge in [-0.25, -0.2) is 9.37 Å². The van der Waals surface area contributed by atoms with Crippen molar-refractivity contribution >= 4 is 5.82 Å². The van der Waals surface area contributed by atoms with Crippen LogP contribution in [0.5, 0.6) is 0 Å². The summed E-state index contributed by atoms with van der Waals surface area (Å²) in [6.07, 6.45) is 1.66. The molecule has 3 heteroatoms. The van der Waals surface area contributed by atoms with Gasteiger partial charge in [-0.05, 0) is 24.5 Å². The summed E-state index contributed by atoms with van der Waals surface area (Å²) < 4.78 is 13.5. The van der Waals surface area contributed by atoms with Gasteiger partial charge >= 0.3 is 0 Å². The van der Waals surface area contributed by atoms with E-state index in [1.807, 2.05) is 4.90 Å². The topological polar surface area (TPSA) is 16.1 Å². The molecule has 0 N–H and O–H groups in total. The molecule has 0 bridgehead atoms. The molecule has 0 radical (unpaired) electrons. The highest BCUT2D eigenvalue weighted by Gasteiger charge is 2.26. The van der Waals surface area contributed by atoms with Gasteiger partial charge in [0, 0.05) is 19.3 Å². The van der Waals surface area contributed by atoms with Crippen LogP contribution in [0.1, 0.15) is 12.5 Å². The van der Waals surface area contributed by atoms with Gasteiger partial charge in [0.2, 0.25) is 0 Å². The lowest BCUT2D eigenvalue weighted by molar-refractivity contribution is 0.434. The average molecular weight is 180 g/mol. The molecule has 0 amide bonds. The zero-order chi connectivity index (χ0) is 9.42. The van der Waals surface area contributed by atoms with Crippen molar-refractivity contribution in [2.24, 2.45) is 5.92 Å². The van der Waals surface area contributed by atoms with Gasteiger partial charge in [-0.1, -0.05) is 6.92 Å². The van der Waals surface area contributed by atoms with E-state index in [1.54, 1.807) is 19.2 Å². The fourth-order valence-electron chi connectivity index (χ4n) is 1.62. The quantitative estimate of drug-likeness (QED) is 0.657. The highest BCUT2D eigenvalue weighted by atomic mass is 19.1. The zero-order valence-corrected chi connectivity index (χ0v) is 7.92. The average Bonchev–Trinajstić information content (AvgIpc) is 2.05. The highest BCUT2D eigenvalue weighted by molar-refractivity contribution is 5.45. The Morgan fingerprint density at radius 2 is 2.23 bits per heavy atom. The second-order valence-corrected chi connectivity index (χ2v) is 3.78. The molecule has 1 saturated heterocycles. The summed E-state index contributed by atoms with van der Waals surface area (Å²) in [5.74, 6) is 1.01. The van der Waals surface area contributed by atoms with Gasteiger partial charge in [0.15, 0.2) is 11.6 Å². The summed E-state index contributed by atoms with van der Waals surface area (Å²) in [7, 11) is 0. The Kier molecular flexibility index (Phi) is 1.94. The Morgan fingerprint density at radius 1 is 1.54 bits per heavy atom. The van der Waals surface area contributed by atoms with Crippen molar-refractivity contribution in [3.63, 3.8) is 0 Å². The lowest BCUT2D eigenvalue weighted by Crippen LogP contribution is -2.46. The molecule has 1 aliphatic rings. The Bertz CT molecular complexity index is 319. The maximum Gasteiger partial charge on any atom is 0.168 e. The van der Waals surface area contributed by atoms with E-state index in [4.69, 9.17) is 0 Å². The van der Waals surface area contributed by atoms with Gasteiger partial charge in [-0.15, -0.1) is 0 Å². The Hall–Kier alpha value is -1.12. The number of nitrogens with zero attached hydrogens (tertiary/aromatic N) is 2. The Morgan fingerprint density at radius 3 is 2.85 bits per heavy atom. The van der Waals surface area contributed by atoms with Gasteiger partial charge in [-0.3, -0.25) is 0 Å². The minimum Gasteiger partial charge on any atom is -0.354 e. The lowest BCUT2D eigenvalue weighted by Gasteiger charge is -2.38. The molecule has 0 spiro atoms. The summed E-state index contributed by atoms with van der Waals surface area (Å²) in [5, 5.41) is 0. The van der Waals surface area contributed by atoms with Crippen molar-refractivity contribution in [2.75, 3.05) is 18.0 Å². The van der Waals surface area contributed by atoms with E-state index in [0.717, 1.165) is 13.1 Å². The normalized spacial score (nSPS) is 17.3. The van der Waals surface area contributed by atoms with Crippen molar-refractivity contribution in [3.05, 3.63) is 23.6 Å². The molecule has 2 nitrogen and oxygen atoms in total. The first-order valence-electron chi connectivity index (χ1n) is 4.54. The predicted molar refractivity (Wildman–Crippen MR) is 50.3 cm³/mol. The van der Waals surface area contributed by atoms with Crippen molar-refractivity contribution in [2.45, 2.75) is 13.8 Å². The summed E-state index contributed by atoms with van der Waals surface area (Å²) in [4.78, 5) is 6.03. The molecule has 13 heavy (non-hydrogen) atoms.